The third-order valence-electron chi connectivity index (χ3n) is 2.97. The molecule has 1 fully saturated rings. The van der Waals surface area contributed by atoms with Crippen LogP contribution >= 0.6 is 0 Å². The van der Waals surface area contributed by atoms with E-state index in [2.05, 4.69) is 5.32 Å². The molecule has 1 aromatic rings. The van der Waals surface area contributed by atoms with Gasteiger partial charge in [-0.05, 0) is 50.6 Å². The van der Waals surface area contributed by atoms with E-state index in [1.165, 1.54) is 0 Å². The minimum atomic E-state index is 0.152. The number of hydrogen-bond acceptors (Lipinski definition) is 4. The first-order chi connectivity index (χ1) is 8.20. The van der Waals surface area contributed by atoms with Crippen LogP contribution in [-0.2, 0) is 0 Å². The Kier molecular flexibility index (Phi) is 3.74. The molecule has 1 aromatic carbocycles. The van der Waals surface area contributed by atoms with Crippen LogP contribution in [0.15, 0.2) is 12.1 Å². The van der Waals surface area contributed by atoms with Gasteiger partial charge in [-0.3, -0.25) is 0 Å². The highest BCUT2D eigenvalue weighted by molar-refractivity contribution is 5.52. The predicted molar refractivity (Wildman–Crippen MR) is 65.9 cm³/mol. The number of aryl methyl sites for hydroxylation is 1. The topological polar surface area (TPSA) is 50.7 Å². The van der Waals surface area contributed by atoms with Gasteiger partial charge in [0, 0.05) is 0 Å². The van der Waals surface area contributed by atoms with Crippen molar-refractivity contribution < 1.29 is 14.6 Å². The summed E-state index contributed by atoms with van der Waals surface area (Å²) in [4.78, 5) is 0. The van der Waals surface area contributed by atoms with Crippen molar-refractivity contribution in [3.63, 3.8) is 0 Å². The van der Waals surface area contributed by atoms with E-state index < -0.39 is 0 Å². The molecule has 0 aromatic heterocycles. The number of methoxy groups -OCH3 is 1. The lowest BCUT2D eigenvalue weighted by atomic mass is 10.1. The van der Waals surface area contributed by atoms with Crippen LogP contribution in [0.3, 0.4) is 0 Å². The summed E-state index contributed by atoms with van der Waals surface area (Å²) in [5.41, 5.74) is 0.956. The van der Waals surface area contributed by atoms with E-state index in [0.29, 0.717) is 11.5 Å². The summed E-state index contributed by atoms with van der Waals surface area (Å²) < 4.78 is 11.1. The zero-order chi connectivity index (χ0) is 12.3. The van der Waals surface area contributed by atoms with Crippen molar-refractivity contribution in [1.29, 1.82) is 0 Å². The van der Waals surface area contributed by atoms with Crippen LogP contribution in [0.25, 0.3) is 0 Å². The maximum atomic E-state index is 9.91. The van der Waals surface area contributed by atoms with E-state index in [-0.39, 0.29) is 11.9 Å². The number of aromatic hydroxyl groups is 1. The molecular formula is C13H19NO3. The van der Waals surface area contributed by atoms with Crippen molar-refractivity contribution in [2.24, 2.45) is 0 Å². The molecule has 2 N–H and O–H groups in total. The van der Waals surface area contributed by atoms with Gasteiger partial charge in [-0.15, -0.1) is 0 Å². The summed E-state index contributed by atoms with van der Waals surface area (Å²) in [6.45, 7) is 3.83. The highest BCUT2D eigenvalue weighted by Gasteiger charge is 2.19. The number of phenolic OH excluding ortho intramolecular Hbond substituents is 1. The zero-order valence-electron chi connectivity index (χ0n) is 10.3. The van der Waals surface area contributed by atoms with Crippen LogP contribution in [0.5, 0.6) is 17.2 Å². The lowest BCUT2D eigenvalue weighted by molar-refractivity contribution is 0.151. The second-order valence-corrected chi connectivity index (χ2v) is 4.38. The van der Waals surface area contributed by atoms with Gasteiger partial charge in [0.05, 0.1) is 7.11 Å². The molecule has 4 nitrogen and oxygen atoms in total. The van der Waals surface area contributed by atoms with Gasteiger partial charge in [0.2, 0.25) is 5.75 Å². The fourth-order valence-corrected chi connectivity index (χ4v) is 2.07. The summed E-state index contributed by atoms with van der Waals surface area (Å²) in [5.74, 6) is 1.21. The molecular weight excluding hydrogens is 218 g/mol. The Morgan fingerprint density at radius 1 is 1.29 bits per heavy atom. The summed E-state index contributed by atoms with van der Waals surface area (Å²) in [7, 11) is 1.59. The fraction of sp³-hybridized carbons (Fsp3) is 0.538. The van der Waals surface area contributed by atoms with Crippen molar-refractivity contribution in [3.8, 4) is 17.2 Å². The number of nitrogens with one attached hydrogen (secondary N) is 1. The van der Waals surface area contributed by atoms with Gasteiger partial charge in [-0.2, -0.15) is 0 Å². The van der Waals surface area contributed by atoms with Gasteiger partial charge < -0.3 is 19.9 Å². The second kappa shape index (κ2) is 5.27. The van der Waals surface area contributed by atoms with E-state index in [1.807, 2.05) is 13.0 Å². The number of piperidine rings is 1. The highest BCUT2D eigenvalue weighted by Crippen LogP contribution is 2.38. The first-order valence-electron chi connectivity index (χ1n) is 5.95. The third-order valence-corrected chi connectivity index (χ3v) is 2.97. The molecule has 0 atom stereocenters. The summed E-state index contributed by atoms with van der Waals surface area (Å²) in [5, 5.41) is 13.2. The molecule has 0 unspecified atom stereocenters. The van der Waals surface area contributed by atoms with Gasteiger partial charge in [0.15, 0.2) is 11.5 Å². The summed E-state index contributed by atoms with van der Waals surface area (Å²) >= 11 is 0. The molecule has 0 saturated carbocycles. The molecule has 4 heteroatoms. The van der Waals surface area contributed by atoms with Gasteiger partial charge in [-0.25, -0.2) is 0 Å². The lowest BCUT2D eigenvalue weighted by Gasteiger charge is -2.25. The average molecular weight is 237 g/mol. The second-order valence-electron chi connectivity index (χ2n) is 4.38. The Bertz CT molecular complexity index is 386. The Hall–Kier alpha value is -1.42. The minimum Gasteiger partial charge on any atom is -0.504 e. The van der Waals surface area contributed by atoms with Crippen molar-refractivity contribution in [1.82, 2.24) is 5.32 Å². The van der Waals surface area contributed by atoms with Crippen LogP contribution in [0.4, 0.5) is 0 Å². The van der Waals surface area contributed by atoms with Gasteiger partial charge >= 0.3 is 0 Å². The van der Waals surface area contributed by atoms with E-state index >= 15 is 0 Å². The van der Waals surface area contributed by atoms with Gasteiger partial charge in [-0.1, -0.05) is 0 Å². The molecule has 0 spiro atoms. The van der Waals surface area contributed by atoms with E-state index in [9.17, 15) is 5.11 Å². The standard InChI is InChI=1S/C13H19NO3/c1-9-7-11(15)13(12(8-9)16-2)17-10-3-5-14-6-4-10/h7-8,10,14-15H,3-6H2,1-2H3. The molecule has 0 bridgehead atoms. The molecule has 2 rings (SSSR count). The SMILES string of the molecule is COc1cc(C)cc(O)c1OC1CCNCC1. The molecule has 94 valence electrons. The maximum Gasteiger partial charge on any atom is 0.203 e. The number of benzene rings is 1. The number of rotatable bonds is 3. The quantitative estimate of drug-likeness (QED) is 0.842. The molecule has 0 aliphatic carbocycles. The number of hydrogen-bond donors (Lipinski definition) is 2. The van der Waals surface area contributed by atoms with Crippen molar-refractivity contribution in [2.75, 3.05) is 20.2 Å². The van der Waals surface area contributed by atoms with Gasteiger partial charge in [0.25, 0.3) is 0 Å². The molecule has 0 amide bonds. The number of ether oxygens (including phenoxy) is 2. The van der Waals surface area contributed by atoms with Gasteiger partial charge in [0.1, 0.15) is 6.10 Å². The Labute approximate surface area is 102 Å². The molecule has 0 radical (unpaired) electrons. The molecule has 17 heavy (non-hydrogen) atoms. The van der Waals surface area contributed by atoms with Crippen LogP contribution in [0.2, 0.25) is 0 Å². The smallest absolute Gasteiger partial charge is 0.203 e. The first-order valence-corrected chi connectivity index (χ1v) is 5.95. The van der Waals surface area contributed by atoms with Crippen LogP contribution < -0.4 is 14.8 Å². The van der Waals surface area contributed by atoms with E-state index in [1.54, 1.807) is 13.2 Å². The van der Waals surface area contributed by atoms with E-state index in [4.69, 9.17) is 9.47 Å². The zero-order valence-corrected chi connectivity index (χ0v) is 10.3. The normalized spacial score (nSPS) is 16.8. The lowest BCUT2D eigenvalue weighted by Crippen LogP contribution is -2.34. The molecule has 1 saturated heterocycles. The maximum absolute atomic E-state index is 9.91. The van der Waals surface area contributed by atoms with E-state index in [0.717, 1.165) is 31.5 Å². The minimum absolute atomic E-state index is 0.152. The van der Waals surface area contributed by atoms with Crippen molar-refractivity contribution >= 4 is 0 Å². The van der Waals surface area contributed by atoms with Crippen molar-refractivity contribution in [2.45, 2.75) is 25.9 Å². The Balaban J connectivity index is 2.18. The fourth-order valence-electron chi connectivity index (χ4n) is 2.07. The third kappa shape index (κ3) is 2.82. The van der Waals surface area contributed by atoms with Crippen LogP contribution in [-0.4, -0.2) is 31.4 Å². The largest absolute Gasteiger partial charge is 0.504 e. The summed E-state index contributed by atoms with van der Waals surface area (Å²) in [6, 6.07) is 3.56. The summed E-state index contributed by atoms with van der Waals surface area (Å²) in [6.07, 6.45) is 2.06. The average Bonchev–Trinajstić information content (AvgIpc) is 2.33. The molecule has 1 aliphatic heterocycles. The van der Waals surface area contributed by atoms with Crippen LogP contribution in [0.1, 0.15) is 18.4 Å². The van der Waals surface area contributed by atoms with Crippen LogP contribution in [0, 0.1) is 6.92 Å². The molecule has 1 heterocycles. The number of phenols is 1. The monoisotopic (exact) mass is 237 g/mol. The van der Waals surface area contributed by atoms with Crippen molar-refractivity contribution in [3.05, 3.63) is 17.7 Å². The Morgan fingerprint density at radius 2 is 2.00 bits per heavy atom. The molecule has 1 aliphatic rings. The Morgan fingerprint density at radius 3 is 2.65 bits per heavy atom. The highest BCUT2D eigenvalue weighted by atomic mass is 16.5. The predicted octanol–water partition coefficient (Wildman–Crippen LogP) is 1.84. The first kappa shape index (κ1) is 12.0.